The highest BCUT2D eigenvalue weighted by atomic mass is 16.3. The van der Waals surface area contributed by atoms with Crippen molar-refractivity contribution in [3.63, 3.8) is 0 Å². The van der Waals surface area contributed by atoms with Crippen molar-refractivity contribution in [3.05, 3.63) is 29.8 Å². The van der Waals surface area contributed by atoms with Crippen molar-refractivity contribution in [2.45, 2.75) is 33.2 Å². The summed E-state index contributed by atoms with van der Waals surface area (Å²) >= 11 is 0. The van der Waals surface area contributed by atoms with E-state index in [-0.39, 0.29) is 0 Å². The van der Waals surface area contributed by atoms with Crippen LogP contribution in [0.2, 0.25) is 0 Å². The highest BCUT2D eigenvalue weighted by Crippen LogP contribution is 2.22. The molecule has 0 aliphatic carbocycles. The number of nitrogens with zero attached hydrogens (tertiary/aromatic N) is 1. The number of hydrogen-bond acceptors (Lipinski definition) is 2. The van der Waals surface area contributed by atoms with Crippen LogP contribution in [0.1, 0.15) is 38.8 Å². The predicted molar refractivity (Wildman–Crippen MR) is 66.2 cm³/mol. The normalized spacial score (nSPS) is 11.9. The van der Waals surface area contributed by atoms with Gasteiger partial charge in [-0.3, -0.25) is 0 Å². The van der Waals surface area contributed by atoms with E-state index in [0.29, 0.717) is 11.8 Å². The van der Waals surface area contributed by atoms with Gasteiger partial charge in [-0.05, 0) is 38.2 Å². The molecule has 0 aliphatic rings. The summed E-state index contributed by atoms with van der Waals surface area (Å²) in [6.07, 6.45) is 1.08. The maximum absolute atomic E-state index is 9.14. The lowest BCUT2D eigenvalue weighted by Crippen LogP contribution is -2.18. The van der Waals surface area contributed by atoms with Crippen LogP contribution in [0, 0.1) is 0 Å². The third-order valence-corrected chi connectivity index (χ3v) is 2.29. The molecule has 0 aromatic heterocycles. The Morgan fingerprint density at radius 3 is 1.93 bits per heavy atom. The molecule has 0 bridgehead atoms. The van der Waals surface area contributed by atoms with Crippen LogP contribution in [-0.2, 0) is 0 Å². The zero-order valence-corrected chi connectivity index (χ0v) is 10.5. The highest BCUT2D eigenvalue weighted by Gasteiger charge is 2.10. The Morgan fingerprint density at radius 1 is 1.13 bits per heavy atom. The molecule has 1 unspecified atom stereocenters. The molecule has 1 aromatic carbocycles. The number of phenols is 1. The molecule has 0 saturated heterocycles. The quantitative estimate of drug-likeness (QED) is 0.824. The maximum atomic E-state index is 9.14. The van der Waals surface area contributed by atoms with E-state index in [0.717, 1.165) is 6.42 Å². The van der Waals surface area contributed by atoms with Crippen LogP contribution in [0.5, 0.6) is 5.75 Å². The molecule has 0 heterocycles. The van der Waals surface area contributed by atoms with E-state index in [9.17, 15) is 0 Å². The van der Waals surface area contributed by atoms with E-state index >= 15 is 0 Å². The van der Waals surface area contributed by atoms with Gasteiger partial charge in [0.15, 0.2) is 0 Å². The fourth-order valence-electron chi connectivity index (χ4n) is 1.60. The Kier molecular flexibility index (Phi) is 6.80. The fourth-order valence-corrected chi connectivity index (χ4v) is 1.60. The van der Waals surface area contributed by atoms with Crippen molar-refractivity contribution in [1.29, 1.82) is 0 Å². The molecule has 2 heteroatoms. The lowest BCUT2D eigenvalue weighted by Gasteiger charge is -2.23. The molecular formula is C13H23NO. The minimum Gasteiger partial charge on any atom is -0.508 e. The zero-order chi connectivity index (χ0) is 11.8. The predicted octanol–water partition coefficient (Wildman–Crippen LogP) is 3.43. The molecule has 0 saturated carbocycles. The second kappa shape index (κ2) is 7.30. The molecule has 1 N–H and O–H groups in total. The molecule has 1 atom stereocenters. The highest BCUT2D eigenvalue weighted by molar-refractivity contribution is 5.27. The van der Waals surface area contributed by atoms with Gasteiger partial charge in [0.05, 0.1) is 0 Å². The molecule has 0 amide bonds. The minimum atomic E-state index is 0.331. The number of hydrogen-bond donors (Lipinski definition) is 1. The maximum Gasteiger partial charge on any atom is 0.115 e. The van der Waals surface area contributed by atoms with Crippen LogP contribution in [0.25, 0.3) is 0 Å². The first kappa shape index (κ1) is 14.0. The first-order valence-corrected chi connectivity index (χ1v) is 5.60. The Hall–Kier alpha value is -1.02. The number of rotatable bonds is 3. The van der Waals surface area contributed by atoms with Gasteiger partial charge in [0.1, 0.15) is 5.75 Å². The van der Waals surface area contributed by atoms with Crippen LogP contribution in [-0.4, -0.2) is 24.1 Å². The summed E-state index contributed by atoms with van der Waals surface area (Å²) in [5.74, 6) is 0.331. The summed E-state index contributed by atoms with van der Waals surface area (Å²) < 4.78 is 0. The molecule has 0 spiro atoms. The van der Waals surface area contributed by atoms with Gasteiger partial charge in [0.25, 0.3) is 0 Å². The van der Waals surface area contributed by atoms with E-state index in [4.69, 9.17) is 5.11 Å². The third kappa shape index (κ3) is 4.34. The molecule has 0 aliphatic heterocycles. The van der Waals surface area contributed by atoms with Gasteiger partial charge in [0.2, 0.25) is 0 Å². The van der Waals surface area contributed by atoms with Gasteiger partial charge in [-0.1, -0.05) is 32.9 Å². The van der Waals surface area contributed by atoms with Gasteiger partial charge in [-0.15, -0.1) is 0 Å². The van der Waals surface area contributed by atoms with Crippen molar-refractivity contribution < 1.29 is 5.11 Å². The summed E-state index contributed by atoms with van der Waals surface area (Å²) in [7, 11) is 4.14. The molecule has 1 rings (SSSR count). The average Bonchev–Trinajstić information content (AvgIpc) is 2.24. The van der Waals surface area contributed by atoms with E-state index in [1.807, 2.05) is 26.0 Å². The first-order chi connectivity index (χ1) is 7.15. The van der Waals surface area contributed by atoms with E-state index in [1.165, 1.54) is 5.56 Å². The third-order valence-electron chi connectivity index (χ3n) is 2.29. The fraction of sp³-hybridized carbons (Fsp3) is 0.538. The minimum absolute atomic E-state index is 0.331. The topological polar surface area (TPSA) is 23.5 Å². The number of benzene rings is 1. The van der Waals surface area contributed by atoms with Gasteiger partial charge in [-0.2, -0.15) is 0 Å². The van der Waals surface area contributed by atoms with Gasteiger partial charge in [0, 0.05) is 6.04 Å². The van der Waals surface area contributed by atoms with Gasteiger partial charge in [-0.25, -0.2) is 0 Å². The monoisotopic (exact) mass is 209 g/mol. The number of aromatic hydroxyl groups is 1. The lowest BCUT2D eigenvalue weighted by molar-refractivity contribution is 0.292. The standard InChI is InChI=1S/C11H17NO.C2H6/c1-4-11(12(2)3)9-5-7-10(13)8-6-9;1-2/h5-8,11,13H,4H2,1-3H3;1-2H3. The smallest absolute Gasteiger partial charge is 0.115 e. The second-order valence-electron chi connectivity index (χ2n) is 3.48. The lowest BCUT2D eigenvalue weighted by atomic mass is 10.0. The van der Waals surface area contributed by atoms with Gasteiger partial charge >= 0.3 is 0 Å². The average molecular weight is 209 g/mol. The van der Waals surface area contributed by atoms with E-state index in [1.54, 1.807) is 12.1 Å². The summed E-state index contributed by atoms with van der Waals surface area (Å²) in [4.78, 5) is 2.19. The SMILES string of the molecule is CC.CCC(c1ccc(O)cc1)N(C)C. The van der Waals surface area contributed by atoms with Crippen molar-refractivity contribution in [2.75, 3.05) is 14.1 Å². The number of phenolic OH excluding ortho intramolecular Hbond substituents is 1. The molecule has 0 fully saturated rings. The van der Waals surface area contributed by atoms with Crippen LogP contribution in [0.3, 0.4) is 0 Å². The van der Waals surface area contributed by atoms with E-state index < -0.39 is 0 Å². The van der Waals surface area contributed by atoms with Crippen molar-refractivity contribution in [1.82, 2.24) is 4.90 Å². The molecule has 15 heavy (non-hydrogen) atoms. The Bertz CT molecular complexity index is 254. The molecular weight excluding hydrogens is 186 g/mol. The largest absolute Gasteiger partial charge is 0.508 e. The Labute approximate surface area is 93.5 Å². The van der Waals surface area contributed by atoms with Crippen molar-refractivity contribution in [2.24, 2.45) is 0 Å². The van der Waals surface area contributed by atoms with Crippen molar-refractivity contribution >= 4 is 0 Å². The molecule has 86 valence electrons. The van der Waals surface area contributed by atoms with Crippen LogP contribution in [0.4, 0.5) is 0 Å². The summed E-state index contributed by atoms with van der Waals surface area (Å²) in [6, 6.07) is 7.87. The van der Waals surface area contributed by atoms with Crippen molar-refractivity contribution in [3.8, 4) is 5.75 Å². The van der Waals surface area contributed by atoms with Crippen LogP contribution >= 0.6 is 0 Å². The van der Waals surface area contributed by atoms with Crippen LogP contribution < -0.4 is 0 Å². The Morgan fingerprint density at radius 2 is 1.60 bits per heavy atom. The second-order valence-corrected chi connectivity index (χ2v) is 3.48. The molecule has 2 nitrogen and oxygen atoms in total. The van der Waals surface area contributed by atoms with Crippen LogP contribution in [0.15, 0.2) is 24.3 Å². The summed E-state index contributed by atoms with van der Waals surface area (Å²) in [6.45, 7) is 6.16. The Balaban J connectivity index is 0.000000921. The van der Waals surface area contributed by atoms with Gasteiger partial charge < -0.3 is 10.0 Å². The summed E-state index contributed by atoms with van der Waals surface area (Å²) in [5, 5.41) is 9.14. The summed E-state index contributed by atoms with van der Waals surface area (Å²) in [5.41, 5.74) is 1.25. The first-order valence-electron chi connectivity index (χ1n) is 5.60. The van der Waals surface area contributed by atoms with E-state index in [2.05, 4.69) is 25.9 Å². The molecule has 0 radical (unpaired) electrons. The molecule has 1 aromatic rings. The zero-order valence-electron chi connectivity index (χ0n) is 10.5.